The van der Waals surface area contributed by atoms with Crippen LogP contribution >= 0.6 is 11.3 Å². The smallest absolute Gasteiger partial charge is 0.341 e. The minimum atomic E-state index is -1.07. The minimum absolute atomic E-state index is 0.00780. The molecule has 1 aromatic heterocycles. The molecule has 1 aliphatic heterocycles. The van der Waals surface area contributed by atoms with E-state index >= 15 is 0 Å². The molecule has 198 valence electrons. The van der Waals surface area contributed by atoms with Crippen molar-refractivity contribution in [2.45, 2.75) is 26.7 Å². The van der Waals surface area contributed by atoms with Gasteiger partial charge in [0.05, 0.1) is 12.1 Å². The lowest BCUT2D eigenvalue weighted by atomic mass is 10.0. The Kier molecular flexibility index (Phi) is 7.42. The van der Waals surface area contributed by atoms with Crippen LogP contribution in [0.25, 0.3) is 11.3 Å². The number of aliphatic carboxylic acids is 1. The second-order valence-electron chi connectivity index (χ2n) is 9.34. The quantitative estimate of drug-likeness (QED) is 0.314. The number of ether oxygens (including phenoxy) is 1. The predicted octanol–water partition coefficient (Wildman–Crippen LogP) is 5.27. The monoisotopic (exact) mass is 541 g/mol. The Morgan fingerprint density at radius 1 is 1.05 bits per heavy atom. The van der Waals surface area contributed by atoms with E-state index in [0.717, 1.165) is 39.4 Å². The molecule has 2 heterocycles. The summed E-state index contributed by atoms with van der Waals surface area (Å²) in [6.45, 7) is 4.10. The highest BCUT2D eigenvalue weighted by atomic mass is 32.1. The van der Waals surface area contributed by atoms with Crippen LogP contribution in [0, 0.1) is 13.8 Å². The molecule has 0 unspecified atom stereocenters. The number of carbonyl (C=O) groups excluding carboxylic acids is 2. The molecule has 9 heteroatoms. The van der Waals surface area contributed by atoms with E-state index in [1.807, 2.05) is 55.1 Å². The van der Waals surface area contributed by atoms with Gasteiger partial charge < -0.3 is 20.1 Å². The van der Waals surface area contributed by atoms with Crippen LogP contribution in [0.5, 0.6) is 5.75 Å². The number of amides is 2. The molecule has 39 heavy (non-hydrogen) atoms. The summed E-state index contributed by atoms with van der Waals surface area (Å²) < 4.78 is 5.19. The Bertz CT molecular complexity index is 1580. The number of aryl methyl sites for hydroxylation is 2. The number of aromatic nitrogens is 1. The number of carboxylic acids is 1. The second-order valence-corrected chi connectivity index (χ2v) is 10.5. The van der Waals surface area contributed by atoms with Crippen LogP contribution < -0.4 is 15.0 Å². The first-order valence-electron chi connectivity index (χ1n) is 12.5. The summed E-state index contributed by atoms with van der Waals surface area (Å²) in [6.07, 6.45) is 0.866. The van der Waals surface area contributed by atoms with E-state index in [2.05, 4.69) is 16.4 Å². The predicted molar refractivity (Wildman–Crippen MR) is 151 cm³/mol. The van der Waals surface area contributed by atoms with Gasteiger partial charge in [-0.3, -0.25) is 9.59 Å². The average Bonchev–Trinajstić information content (AvgIpc) is 3.50. The zero-order valence-corrected chi connectivity index (χ0v) is 22.4. The zero-order valence-electron chi connectivity index (χ0n) is 21.6. The lowest BCUT2D eigenvalue weighted by molar-refractivity contribution is -0.139. The fourth-order valence-corrected chi connectivity index (χ4v) is 5.53. The highest BCUT2D eigenvalue weighted by Gasteiger charge is 2.27. The van der Waals surface area contributed by atoms with Crippen molar-refractivity contribution in [3.63, 3.8) is 0 Å². The van der Waals surface area contributed by atoms with E-state index in [9.17, 15) is 14.4 Å². The number of nitrogens with one attached hydrogen (secondary N) is 1. The molecule has 8 nitrogen and oxygen atoms in total. The SMILES string of the molecule is Cc1ccccc1C(=O)N1CCc2cc(-c3nc(NC(=O)Cc4cccc(OCC(=O)O)c4)sc3C)ccc21. The number of hydrogen-bond donors (Lipinski definition) is 2. The summed E-state index contributed by atoms with van der Waals surface area (Å²) in [4.78, 5) is 44.1. The van der Waals surface area contributed by atoms with Gasteiger partial charge in [-0.2, -0.15) is 0 Å². The summed E-state index contributed by atoms with van der Waals surface area (Å²) in [6, 6.07) is 20.5. The third kappa shape index (κ3) is 5.83. The molecule has 1 aliphatic rings. The molecule has 0 spiro atoms. The molecule has 0 radical (unpaired) electrons. The van der Waals surface area contributed by atoms with Gasteiger partial charge >= 0.3 is 5.97 Å². The number of hydrogen-bond acceptors (Lipinski definition) is 6. The molecule has 0 bridgehead atoms. The third-order valence-corrected chi connectivity index (χ3v) is 7.42. The molecule has 3 aromatic carbocycles. The maximum absolute atomic E-state index is 13.2. The molecule has 4 aromatic rings. The van der Waals surface area contributed by atoms with Crippen molar-refractivity contribution in [1.82, 2.24) is 4.98 Å². The van der Waals surface area contributed by atoms with Gasteiger partial charge in [-0.15, -0.1) is 11.3 Å². The van der Waals surface area contributed by atoms with Crippen LogP contribution in [0.3, 0.4) is 0 Å². The van der Waals surface area contributed by atoms with Gasteiger partial charge in [0.2, 0.25) is 5.91 Å². The lowest BCUT2D eigenvalue weighted by Gasteiger charge is -2.18. The summed E-state index contributed by atoms with van der Waals surface area (Å²) in [5.74, 6) is -0.895. The third-order valence-electron chi connectivity index (χ3n) is 6.54. The first-order valence-corrected chi connectivity index (χ1v) is 13.3. The van der Waals surface area contributed by atoms with Crippen molar-refractivity contribution in [2.24, 2.45) is 0 Å². The van der Waals surface area contributed by atoms with E-state index < -0.39 is 12.6 Å². The number of fused-ring (bicyclic) bond motifs is 1. The Labute approximate surface area is 229 Å². The van der Waals surface area contributed by atoms with Crippen molar-refractivity contribution < 1.29 is 24.2 Å². The zero-order chi connectivity index (χ0) is 27.5. The highest BCUT2D eigenvalue weighted by molar-refractivity contribution is 7.16. The number of carbonyl (C=O) groups is 3. The summed E-state index contributed by atoms with van der Waals surface area (Å²) in [5, 5.41) is 12.2. The number of anilines is 2. The first kappa shape index (κ1) is 26.1. The molecular formula is C30H27N3O5S. The Morgan fingerprint density at radius 3 is 2.67 bits per heavy atom. The molecule has 2 amide bonds. The summed E-state index contributed by atoms with van der Waals surface area (Å²) in [7, 11) is 0. The second kappa shape index (κ2) is 11.1. The minimum Gasteiger partial charge on any atom is -0.482 e. The van der Waals surface area contributed by atoms with Crippen LogP contribution in [-0.4, -0.2) is 41.0 Å². The number of thiazole rings is 1. The van der Waals surface area contributed by atoms with Crippen LogP contribution in [0.2, 0.25) is 0 Å². The highest BCUT2D eigenvalue weighted by Crippen LogP contribution is 2.36. The van der Waals surface area contributed by atoms with Crippen LogP contribution in [0.15, 0.2) is 66.7 Å². The standard InChI is InChI=1S/C30H27N3O5S/c1-18-6-3-4-9-24(18)29(37)33-13-12-21-16-22(10-11-25(21)33)28-19(2)39-30(32-28)31-26(34)15-20-7-5-8-23(14-20)38-17-27(35)36/h3-11,14,16H,12-13,15,17H2,1-2H3,(H,35,36)(H,31,32,34). The lowest BCUT2D eigenvalue weighted by Crippen LogP contribution is -2.29. The fourth-order valence-electron chi connectivity index (χ4n) is 4.68. The van der Waals surface area contributed by atoms with Crippen molar-refractivity contribution in [1.29, 1.82) is 0 Å². The maximum Gasteiger partial charge on any atom is 0.341 e. The van der Waals surface area contributed by atoms with Gasteiger partial charge in [0, 0.05) is 28.2 Å². The average molecular weight is 542 g/mol. The van der Waals surface area contributed by atoms with E-state index in [1.54, 1.807) is 24.3 Å². The summed E-state index contributed by atoms with van der Waals surface area (Å²) in [5.41, 5.74) is 6.12. The summed E-state index contributed by atoms with van der Waals surface area (Å²) >= 11 is 1.40. The van der Waals surface area contributed by atoms with Crippen LogP contribution in [-0.2, 0) is 22.4 Å². The molecule has 2 N–H and O–H groups in total. The van der Waals surface area contributed by atoms with E-state index in [-0.39, 0.29) is 18.2 Å². The van der Waals surface area contributed by atoms with Gasteiger partial charge in [-0.1, -0.05) is 36.4 Å². The van der Waals surface area contributed by atoms with Crippen LogP contribution in [0.4, 0.5) is 10.8 Å². The molecule has 0 aliphatic carbocycles. The van der Waals surface area contributed by atoms with Crippen LogP contribution in [0.1, 0.15) is 31.9 Å². The van der Waals surface area contributed by atoms with Gasteiger partial charge in [-0.25, -0.2) is 9.78 Å². The number of carboxylic acid groups (broad SMARTS) is 1. The molecule has 0 fully saturated rings. The molecule has 0 saturated carbocycles. The Hall–Kier alpha value is -4.50. The maximum atomic E-state index is 13.2. The van der Waals surface area contributed by atoms with E-state index in [0.29, 0.717) is 28.6 Å². The van der Waals surface area contributed by atoms with Gasteiger partial charge in [0.15, 0.2) is 11.7 Å². The number of nitrogens with zero attached hydrogens (tertiary/aromatic N) is 2. The fraction of sp³-hybridized carbons (Fsp3) is 0.200. The van der Waals surface area contributed by atoms with Crippen molar-refractivity contribution >= 4 is 39.9 Å². The number of benzene rings is 3. The van der Waals surface area contributed by atoms with Crippen molar-refractivity contribution in [3.8, 4) is 17.0 Å². The molecule has 0 atom stereocenters. The normalized spacial score (nSPS) is 12.2. The van der Waals surface area contributed by atoms with Crippen molar-refractivity contribution in [3.05, 3.63) is 93.9 Å². The van der Waals surface area contributed by atoms with Gasteiger partial charge in [-0.05, 0) is 67.3 Å². The van der Waals surface area contributed by atoms with E-state index in [1.165, 1.54) is 11.3 Å². The molecular weight excluding hydrogens is 514 g/mol. The molecule has 0 saturated heterocycles. The van der Waals surface area contributed by atoms with Crippen molar-refractivity contribution in [2.75, 3.05) is 23.4 Å². The van der Waals surface area contributed by atoms with Gasteiger partial charge in [0.25, 0.3) is 5.91 Å². The largest absolute Gasteiger partial charge is 0.482 e. The first-order chi connectivity index (χ1) is 18.8. The Balaban J connectivity index is 1.27. The van der Waals surface area contributed by atoms with Gasteiger partial charge in [0.1, 0.15) is 5.75 Å². The number of rotatable bonds is 8. The van der Waals surface area contributed by atoms with E-state index in [4.69, 9.17) is 9.84 Å². The Morgan fingerprint density at radius 2 is 1.87 bits per heavy atom. The topological polar surface area (TPSA) is 109 Å². The molecule has 5 rings (SSSR count).